The molecule has 1 N–H and O–H groups in total. The number of anilines is 1. The van der Waals surface area contributed by atoms with Crippen LogP contribution in [0.15, 0.2) is 47.3 Å². The van der Waals surface area contributed by atoms with Crippen molar-refractivity contribution < 1.29 is 17.2 Å². The molecule has 148 valence electrons. The van der Waals surface area contributed by atoms with E-state index in [4.69, 9.17) is 11.6 Å². The lowest BCUT2D eigenvalue weighted by Gasteiger charge is -2.27. The summed E-state index contributed by atoms with van der Waals surface area (Å²) in [5.74, 6) is -2.31. The maximum Gasteiger partial charge on any atom is 0.248 e. The molecule has 0 atom stereocenters. The number of rotatable bonds is 5. The Morgan fingerprint density at radius 3 is 2.50 bits per heavy atom. The van der Waals surface area contributed by atoms with Crippen molar-refractivity contribution in [2.75, 3.05) is 4.31 Å². The average molecular weight is 427 g/mol. The molecule has 0 aliphatic heterocycles. The van der Waals surface area contributed by atoms with Crippen LogP contribution in [0.2, 0.25) is 5.02 Å². The molecule has 0 fully saturated rings. The number of benzene rings is 2. The van der Waals surface area contributed by atoms with Crippen LogP contribution in [0.3, 0.4) is 0 Å². The standard InChI is InChI=1S/C19H17ClF2N2O3S/c1-11(2)28(26,27)24(14-5-3-4-13(20)9-14)10-12-8-17(25)23-19-15(12)6-7-16(21)18(19)22/h3-9,11H,10H2,1-2H3,(H,23,25). The van der Waals surface area contributed by atoms with Crippen molar-refractivity contribution in [3.63, 3.8) is 0 Å². The highest BCUT2D eigenvalue weighted by molar-refractivity contribution is 7.93. The molecule has 1 aromatic heterocycles. The Balaban J connectivity index is 2.22. The molecule has 0 aliphatic carbocycles. The fraction of sp³-hybridized carbons (Fsp3) is 0.211. The van der Waals surface area contributed by atoms with Crippen molar-refractivity contribution in [1.82, 2.24) is 4.98 Å². The van der Waals surface area contributed by atoms with Crippen molar-refractivity contribution in [3.05, 3.63) is 75.0 Å². The summed E-state index contributed by atoms with van der Waals surface area (Å²) < 4.78 is 54.7. The average Bonchev–Trinajstić information content (AvgIpc) is 2.62. The lowest BCUT2D eigenvalue weighted by Crippen LogP contribution is -2.36. The fourth-order valence-electron chi connectivity index (χ4n) is 2.84. The van der Waals surface area contributed by atoms with Crippen LogP contribution in [0.5, 0.6) is 0 Å². The lowest BCUT2D eigenvalue weighted by molar-refractivity contribution is 0.515. The van der Waals surface area contributed by atoms with Gasteiger partial charge in [0.15, 0.2) is 11.6 Å². The topological polar surface area (TPSA) is 70.2 Å². The second-order valence-corrected chi connectivity index (χ2v) is 9.37. The Morgan fingerprint density at radius 2 is 1.86 bits per heavy atom. The second kappa shape index (κ2) is 7.52. The molecule has 28 heavy (non-hydrogen) atoms. The molecule has 1 heterocycles. The van der Waals surface area contributed by atoms with E-state index in [0.29, 0.717) is 10.7 Å². The van der Waals surface area contributed by atoms with E-state index in [1.165, 1.54) is 32.0 Å². The quantitative estimate of drug-likeness (QED) is 0.664. The molecule has 0 radical (unpaired) electrons. The molecule has 3 aromatic rings. The van der Waals surface area contributed by atoms with Gasteiger partial charge >= 0.3 is 0 Å². The summed E-state index contributed by atoms with van der Waals surface area (Å²) in [4.78, 5) is 14.3. The van der Waals surface area contributed by atoms with Gasteiger partial charge in [-0.05, 0) is 49.7 Å². The van der Waals surface area contributed by atoms with E-state index in [1.54, 1.807) is 18.2 Å². The van der Waals surface area contributed by atoms with Crippen LogP contribution in [0, 0.1) is 11.6 Å². The van der Waals surface area contributed by atoms with E-state index in [2.05, 4.69) is 4.98 Å². The van der Waals surface area contributed by atoms with Gasteiger partial charge in [-0.1, -0.05) is 17.7 Å². The molecule has 5 nitrogen and oxygen atoms in total. The molecule has 0 spiro atoms. The summed E-state index contributed by atoms with van der Waals surface area (Å²) >= 11 is 6.01. The van der Waals surface area contributed by atoms with Crippen molar-refractivity contribution in [3.8, 4) is 0 Å². The van der Waals surface area contributed by atoms with Crippen LogP contribution in [0.4, 0.5) is 14.5 Å². The van der Waals surface area contributed by atoms with E-state index in [9.17, 15) is 22.0 Å². The van der Waals surface area contributed by atoms with Gasteiger partial charge in [-0.2, -0.15) is 0 Å². The van der Waals surface area contributed by atoms with E-state index in [-0.39, 0.29) is 23.0 Å². The van der Waals surface area contributed by atoms with Gasteiger partial charge in [0, 0.05) is 16.5 Å². The first-order chi connectivity index (χ1) is 13.1. The molecule has 0 amide bonds. The van der Waals surface area contributed by atoms with Crippen LogP contribution in [-0.2, 0) is 16.6 Å². The smallest absolute Gasteiger partial charge is 0.248 e. The fourth-order valence-corrected chi connectivity index (χ4v) is 4.26. The molecule has 0 saturated carbocycles. The van der Waals surface area contributed by atoms with Crippen LogP contribution in [0.25, 0.3) is 10.9 Å². The van der Waals surface area contributed by atoms with Crippen molar-refractivity contribution >= 4 is 38.2 Å². The zero-order chi connectivity index (χ0) is 20.6. The van der Waals surface area contributed by atoms with Gasteiger partial charge in [-0.15, -0.1) is 0 Å². The highest BCUT2D eigenvalue weighted by Crippen LogP contribution is 2.28. The largest absolute Gasteiger partial charge is 0.319 e. The molecular weight excluding hydrogens is 410 g/mol. The third-order valence-electron chi connectivity index (χ3n) is 4.31. The Kier molecular flexibility index (Phi) is 5.45. The number of pyridine rings is 1. The second-order valence-electron chi connectivity index (χ2n) is 6.52. The third-order valence-corrected chi connectivity index (χ3v) is 6.69. The first kappa shape index (κ1) is 20.3. The molecule has 0 saturated heterocycles. The van der Waals surface area contributed by atoms with Crippen molar-refractivity contribution in [2.24, 2.45) is 0 Å². The normalized spacial score (nSPS) is 11.9. The summed E-state index contributed by atoms with van der Waals surface area (Å²) in [5, 5.41) is -0.205. The lowest BCUT2D eigenvalue weighted by atomic mass is 10.1. The van der Waals surface area contributed by atoms with Gasteiger partial charge in [0.25, 0.3) is 0 Å². The summed E-state index contributed by atoms with van der Waals surface area (Å²) in [6.45, 7) is 2.81. The third kappa shape index (κ3) is 3.74. The van der Waals surface area contributed by atoms with Crippen LogP contribution < -0.4 is 9.86 Å². The van der Waals surface area contributed by atoms with E-state index in [1.807, 2.05) is 0 Å². The highest BCUT2D eigenvalue weighted by atomic mass is 35.5. The number of sulfonamides is 1. The molecule has 0 aliphatic rings. The molecular formula is C19H17ClF2N2O3S. The van der Waals surface area contributed by atoms with Crippen LogP contribution in [-0.4, -0.2) is 18.7 Å². The van der Waals surface area contributed by atoms with E-state index >= 15 is 0 Å². The summed E-state index contributed by atoms with van der Waals surface area (Å²) in [7, 11) is -3.81. The molecule has 9 heteroatoms. The Morgan fingerprint density at radius 1 is 1.14 bits per heavy atom. The monoisotopic (exact) mass is 426 g/mol. The maximum absolute atomic E-state index is 14.1. The van der Waals surface area contributed by atoms with Gasteiger partial charge in [0.2, 0.25) is 15.6 Å². The van der Waals surface area contributed by atoms with Gasteiger partial charge in [0.1, 0.15) is 0 Å². The number of nitrogens with zero attached hydrogens (tertiary/aromatic N) is 1. The number of aromatic nitrogens is 1. The summed E-state index contributed by atoms with van der Waals surface area (Å²) in [6.07, 6.45) is 0. The number of H-pyrrole nitrogens is 1. The van der Waals surface area contributed by atoms with Crippen molar-refractivity contribution in [2.45, 2.75) is 25.6 Å². The Bertz CT molecular complexity index is 1210. The van der Waals surface area contributed by atoms with E-state index in [0.717, 1.165) is 10.4 Å². The number of nitrogens with one attached hydrogen (secondary N) is 1. The van der Waals surface area contributed by atoms with Gasteiger partial charge < -0.3 is 4.98 Å². The first-order valence-electron chi connectivity index (χ1n) is 8.38. The first-order valence-corrected chi connectivity index (χ1v) is 10.3. The maximum atomic E-state index is 14.1. The Labute approximate surface area is 165 Å². The molecule has 0 bridgehead atoms. The predicted octanol–water partition coefficient (Wildman–Crippen LogP) is 4.20. The van der Waals surface area contributed by atoms with Crippen LogP contribution in [0.1, 0.15) is 19.4 Å². The van der Waals surface area contributed by atoms with Gasteiger partial charge in [-0.3, -0.25) is 9.10 Å². The highest BCUT2D eigenvalue weighted by Gasteiger charge is 2.27. The van der Waals surface area contributed by atoms with Crippen molar-refractivity contribution in [1.29, 1.82) is 0 Å². The minimum Gasteiger partial charge on any atom is -0.319 e. The zero-order valence-corrected chi connectivity index (χ0v) is 16.6. The zero-order valence-electron chi connectivity index (χ0n) is 15.0. The minimum atomic E-state index is -3.81. The van der Waals surface area contributed by atoms with Gasteiger partial charge in [-0.25, -0.2) is 17.2 Å². The minimum absolute atomic E-state index is 0.212. The molecule has 2 aromatic carbocycles. The van der Waals surface area contributed by atoms with Crippen LogP contribution >= 0.6 is 11.6 Å². The number of hydrogen-bond acceptors (Lipinski definition) is 3. The summed E-state index contributed by atoms with van der Waals surface area (Å²) in [5.41, 5.74) is -0.436. The molecule has 0 unspecified atom stereocenters. The van der Waals surface area contributed by atoms with Gasteiger partial charge in [0.05, 0.1) is 23.0 Å². The predicted molar refractivity (Wildman–Crippen MR) is 106 cm³/mol. The Hall–Kier alpha value is -2.45. The number of fused-ring (bicyclic) bond motifs is 1. The number of hydrogen-bond donors (Lipinski definition) is 1. The molecule has 3 rings (SSSR count). The van der Waals surface area contributed by atoms with E-state index < -0.39 is 32.5 Å². The number of halogens is 3. The SMILES string of the molecule is CC(C)S(=O)(=O)N(Cc1cc(=O)[nH]c2c(F)c(F)ccc12)c1cccc(Cl)c1. The number of aromatic amines is 1. The summed E-state index contributed by atoms with van der Waals surface area (Å²) in [6, 6.07) is 9.67.